The molecule has 2 aromatic heterocycles. The first kappa shape index (κ1) is 26.4. The molecule has 10 heteroatoms. The van der Waals surface area contributed by atoms with Gasteiger partial charge in [0.2, 0.25) is 5.95 Å². The minimum Gasteiger partial charge on any atom is -0.369 e. The van der Waals surface area contributed by atoms with E-state index in [0.717, 1.165) is 37.6 Å². The maximum absolute atomic E-state index is 13.1. The lowest BCUT2D eigenvalue weighted by atomic mass is 10.0. The number of nitrogens with zero attached hydrogens (tertiary/aromatic N) is 5. The van der Waals surface area contributed by atoms with Crippen molar-refractivity contribution in [3.8, 4) is 0 Å². The molecule has 1 fully saturated rings. The normalized spacial score (nSPS) is 15.9. The highest BCUT2D eigenvalue weighted by Crippen LogP contribution is 2.29. The molecule has 7 nitrogen and oxygen atoms in total. The Labute approximate surface area is 213 Å². The van der Waals surface area contributed by atoms with Crippen molar-refractivity contribution in [1.29, 1.82) is 0 Å². The topological polar surface area (TPSA) is 66.3 Å². The van der Waals surface area contributed by atoms with Crippen LogP contribution in [0.5, 0.6) is 0 Å². The van der Waals surface area contributed by atoms with E-state index in [1.807, 2.05) is 24.3 Å². The van der Waals surface area contributed by atoms with E-state index in [-0.39, 0.29) is 17.7 Å². The molecule has 0 amide bonds. The summed E-state index contributed by atoms with van der Waals surface area (Å²) < 4.78 is 40.7. The fraction of sp³-hybridized carbons (Fsp3) is 0.370. The number of nitrogens with one attached hydrogen (secondary N) is 1. The van der Waals surface area contributed by atoms with Crippen LogP contribution in [0.1, 0.15) is 20.3 Å². The van der Waals surface area contributed by atoms with Crippen LogP contribution in [0.4, 0.5) is 30.5 Å². The number of alkyl halides is 3. The molecule has 1 N–H and O–H groups in total. The van der Waals surface area contributed by atoms with Crippen LogP contribution < -0.4 is 15.8 Å². The highest BCUT2D eigenvalue weighted by atomic mass is 19.4. The molecule has 0 bridgehead atoms. The molecule has 0 radical (unpaired) electrons. The second-order valence-corrected chi connectivity index (χ2v) is 9.11. The lowest BCUT2D eigenvalue weighted by molar-refractivity contribution is -0.126. The van der Waals surface area contributed by atoms with E-state index in [1.54, 1.807) is 32.2 Å². The molecule has 0 spiro atoms. The van der Waals surface area contributed by atoms with E-state index < -0.39 is 12.6 Å². The van der Waals surface area contributed by atoms with Gasteiger partial charge in [-0.25, -0.2) is 4.98 Å². The zero-order valence-corrected chi connectivity index (χ0v) is 21.2. The highest BCUT2D eigenvalue weighted by Gasteiger charge is 2.29. The summed E-state index contributed by atoms with van der Waals surface area (Å²) in [5, 5.41) is 3.79. The lowest BCUT2D eigenvalue weighted by Crippen LogP contribution is -2.44. The Bertz CT molecular complexity index is 1350. The summed E-state index contributed by atoms with van der Waals surface area (Å²) in [5.74, 6) is 0.294. The van der Waals surface area contributed by atoms with Gasteiger partial charge < -0.3 is 15.1 Å². The smallest absolute Gasteiger partial charge is 0.369 e. The molecular weight excluding hydrogens is 481 g/mol. The van der Waals surface area contributed by atoms with E-state index in [9.17, 15) is 18.0 Å². The van der Waals surface area contributed by atoms with Gasteiger partial charge in [-0.05, 0) is 62.4 Å². The summed E-state index contributed by atoms with van der Waals surface area (Å²) in [7, 11) is 2.12. The molecule has 0 saturated carbocycles. The fourth-order valence-electron chi connectivity index (χ4n) is 4.40. The second-order valence-electron chi connectivity index (χ2n) is 9.11. The van der Waals surface area contributed by atoms with E-state index in [2.05, 4.69) is 32.1 Å². The lowest BCUT2D eigenvalue weighted by Gasteiger charge is -2.34. The molecule has 1 aromatic carbocycles. The van der Waals surface area contributed by atoms with Crippen molar-refractivity contribution in [3.63, 3.8) is 0 Å². The number of anilines is 3. The number of benzene rings is 1. The number of aromatic nitrogens is 3. The summed E-state index contributed by atoms with van der Waals surface area (Å²) >= 11 is 0. The van der Waals surface area contributed by atoms with Crippen LogP contribution in [0.2, 0.25) is 0 Å². The zero-order chi connectivity index (χ0) is 26.6. The number of pyridine rings is 1. The SMILES string of the molecule is CC=C(Cn1c(=O)ccc2cnc(Nc3ccc(N4CCN(C)CC4)cc3)nc21)C(=CC)CC(F)(F)F. The van der Waals surface area contributed by atoms with E-state index >= 15 is 0 Å². The number of rotatable bonds is 7. The Kier molecular flexibility index (Phi) is 7.97. The first-order valence-electron chi connectivity index (χ1n) is 12.2. The number of halogens is 3. The molecule has 3 heterocycles. The summed E-state index contributed by atoms with van der Waals surface area (Å²) in [6, 6.07) is 11.0. The van der Waals surface area contributed by atoms with Gasteiger partial charge in [0.05, 0.1) is 13.0 Å². The van der Waals surface area contributed by atoms with Crippen molar-refractivity contribution < 1.29 is 13.2 Å². The van der Waals surface area contributed by atoms with Crippen molar-refractivity contribution in [1.82, 2.24) is 19.4 Å². The number of hydrogen-bond acceptors (Lipinski definition) is 6. The van der Waals surface area contributed by atoms with Crippen molar-refractivity contribution in [3.05, 3.63) is 76.2 Å². The van der Waals surface area contributed by atoms with Crippen molar-refractivity contribution in [2.24, 2.45) is 0 Å². The van der Waals surface area contributed by atoms with Crippen LogP contribution in [0, 0.1) is 0 Å². The molecule has 0 atom stereocenters. The molecule has 196 valence electrons. The minimum atomic E-state index is -4.35. The average Bonchev–Trinajstić information content (AvgIpc) is 2.87. The predicted molar refractivity (Wildman–Crippen MR) is 141 cm³/mol. The molecule has 4 rings (SSSR count). The van der Waals surface area contributed by atoms with Gasteiger partial charge in [-0.2, -0.15) is 18.2 Å². The molecular formula is C27H31F3N6O. The molecule has 0 aliphatic carbocycles. The van der Waals surface area contributed by atoms with Gasteiger partial charge >= 0.3 is 6.18 Å². The molecule has 0 unspecified atom stereocenters. The molecule has 1 aliphatic heterocycles. The second kappa shape index (κ2) is 11.2. The summed E-state index contributed by atoms with van der Waals surface area (Å²) in [6.07, 6.45) is -0.768. The first-order chi connectivity index (χ1) is 17.7. The highest BCUT2D eigenvalue weighted by molar-refractivity contribution is 5.76. The quantitative estimate of drug-likeness (QED) is 0.443. The maximum Gasteiger partial charge on any atom is 0.393 e. The third-order valence-electron chi connectivity index (χ3n) is 6.54. The Morgan fingerprint density at radius 2 is 1.68 bits per heavy atom. The van der Waals surface area contributed by atoms with Crippen molar-refractivity contribution in [2.45, 2.75) is 33.0 Å². The molecule has 1 saturated heterocycles. The monoisotopic (exact) mass is 512 g/mol. The summed E-state index contributed by atoms with van der Waals surface area (Å²) in [4.78, 5) is 26.3. The predicted octanol–water partition coefficient (Wildman–Crippen LogP) is 5.13. The maximum atomic E-state index is 13.1. The third-order valence-corrected chi connectivity index (χ3v) is 6.54. The van der Waals surface area contributed by atoms with Gasteiger partial charge in [-0.3, -0.25) is 9.36 Å². The van der Waals surface area contributed by atoms with Crippen LogP contribution >= 0.6 is 0 Å². The van der Waals surface area contributed by atoms with E-state index in [4.69, 9.17) is 0 Å². The number of hydrogen-bond donors (Lipinski definition) is 1. The van der Waals surface area contributed by atoms with Crippen LogP contribution in [0.3, 0.4) is 0 Å². The van der Waals surface area contributed by atoms with E-state index in [1.165, 1.54) is 16.7 Å². The molecule has 1 aliphatic rings. The van der Waals surface area contributed by atoms with Gasteiger partial charge in [-0.15, -0.1) is 0 Å². The summed E-state index contributed by atoms with van der Waals surface area (Å²) in [6.45, 7) is 7.19. The molecule has 37 heavy (non-hydrogen) atoms. The Balaban J connectivity index is 1.58. The van der Waals surface area contributed by atoms with Gasteiger partial charge in [0.25, 0.3) is 5.56 Å². The minimum absolute atomic E-state index is 0.0292. The Morgan fingerprint density at radius 1 is 1.00 bits per heavy atom. The van der Waals surface area contributed by atoms with Crippen LogP contribution in [0.15, 0.2) is 70.7 Å². The number of fused-ring (bicyclic) bond motifs is 1. The zero-order valence-electron chi connectivity index (χ0n) is 21.2. The van der Waals surface area contributed by atoms with E-state index in [0.29, 0.717) is 22.6 Å². The number of piperazine rings is 1. The third kappa shape index (κ3) is 6.56. The largest absolute Gasteiger partial charge is 0.393 e. The fourth-order valence-corrected chi connectivity index (χ4v) is 4.40. The summed E-state index contributed by atoms with van der Waals surface area (Å²) in [5.41, 5.74) is 2.48. The Morgan fingerprint density at radius 3 is 2.30 bits per heavy atom. The van der Waals surface area contributed by atoms with Crippen LogP contribution in [-0.4, -0.2) is 58.8 Å². The van der Waals surface area contributed by atoms with Crippen LogP contribution in [-0.2, 0) is 6.54 Å². The average molecular weight is 513 g/mol. The van der Waals surface area contributed by atoms with Gasteiger partial charge in [-0.1, -0.05) is 12.2 Å². The van der Waals surface area contributed by atoms with Crippen LogP contribution in [0.25, 0.3) is 11.0 Å². The van der Waals surface area contributed by atoms with Crippen molar-refractivity contribution in [2.75, 3.05) is 43.4 Å². The number of likely N-dealkylation sites (N-methyl/N-ethyl adjacent to an activating group) is 1. The van der Waals surface area contributed by atoms with Gasteiger partial charge in [0.15, 0.2) is 0 Å². The van der Waals surface area contributed by atoms with Crippen molar-refractivity contribution >= 4 is 28.4 Å². The van der Waals surface area contributed by atoms with Gasteiger partial charge in [0, 0.05) is 55.2 Å². The Hall–Kier alpha value is -3.66. The standard InChI is InChI=1S/C27H31F3N6O/c1-4-19(16-27(28,29)30)20(5-2)18-36-24(37)11-6-21-17-31-26(33-25(21)36)32-22-7-9-23(10-8-22)35-14-12-34(3)13-15-35/h4-11,17H,12-16,18H2,1-3H3,(H,31,32,33). The molecule has 3 aromatic rings. The number of allylic oxidation sites excluding steroid dienone is 4. The van der Waals surface area contributed by atoms with Gasteiger partial charge in [0.1, 0.15) is 5.65 Å². The first-order valence-corrected chi connectivity index (χ1v) is 12.2.